The van der Waals surface area contributed by atoms with Crippen LogP contribution in [0.2, 0.25) is 0 Å². The van der Waals surface area contributed by atoms with Gasteiger partial charge in [-0.1, -0.05) is 6.07 Å². The van der Waals surface area contributed by atoms with Gasteiger partial charge in [-0.25, -0.2) is 0 Å². The predicted molar refractivity (Wildman–Crippen MR) is 70.3 cm³/mol. The second-order valence-corrected chi connectivity index (χ2v) is 3.91. The minimum absolute atomic E-state index is 0.0531. The molecule has 0 spiro atoms. The first kappa shape index (κ1) is 14.6. The summed E-state index contributed by atoms with van der Waals surface area (Å²) in [6.45, 7) is 2.65. The molecule has 18 heavy (non-hydrogen) atoms. The van der Waals surface area contributed by atoms with Crippen LogP contribution in [-0.2, 0) is 16.0 Å². The molecule has 0 bridgehead atoms. The molecule has 0 saturated heterocycles. The first-order valence-electron chi connectivity index (χ1n) is 6.19. The van der Waals surface area contributed by atoms with Gasteiger partial charge in [0.1, 0.15) is 0 Å². The van der Waals surface area contributed by atoms with Gasteiger partial charge in [-0.3, -0.25) is 9.78 Å². The Hall–Kier alpha value is -1.46. The molecule has 5 heteroatoms. The standard InChI is InChI=1S/C13H21N3O2/c1-18-11-10-16-13(17)6-9-14-8-5-12-4-2-3-7-15-12/h2-4,7,14H,5-6,8-11H2,1H3,(H,16,17). The highest BCUT2D eigenvalue weighted by Crippen LogP contribution is 1.92. The highest BCUT2D eigenvalue weighted by atomic mass is 16.5. The molecule has 0 aliphatic rings. The summed E-state index contributed by atoms with van der Waals surface area (Å²) in [4.78, 5) is 15.6. The van der Waals surface area contributed by atoms with E-state index in [1.54, 1.807) is 13.3 Å². The molecule has 100 valence electrons. The molecule has 0 aromatic carbocycles. The van der Waals surface area contributed by atoms with Crippen LogP contribution in [0.4, 0.5) is 0 Å². The predicted octanol–water partition coefficient (Wildman–Crippen LogP) is 0.366. The summed E-state index contributed by atoms with van der Waals surface area (Å²) >= 11 is 0. The Labute approximate surface area is 108 Å². The number of carbonyl (C=O) groups is 1. The summed E-state index contributed by atoms with van der Waals surface area (Å²) < 4.78 is 4.85. The van der Waals surface area contributed by atoms with Gasteiger partial charge in [0.15, 0.2) is 0 Å². The Kier molecular flexibility index (Phi) is 7.75. The van der Waals surface area contributed by atoms with Gasteiger partial charge in [0.2, 0.25) is 5.91 Å². The zero-order valence-electron chi connectivity index (χ0n) is 10.8. The number of carbonyl (C=O) groups excluding carboxylic acids is 1. The molecule has 0 unspecified atom stereocenters. The second-order valence-electron chi connectivity index (χ2n) is 3.91. The molecule has 0 aliphatic carbocycles. The molecule has 2 N–H and O–H groups in total. The Morgan fingerprint density at radius 2 is 2.22 bits per heavy atom. The van der Waals surface area contributed by atoms with Crippen molar-refractivity contribution in [2.75, 3.05) is 33.4 Å². The van der Waals surface area contributed by atoms with Gasteiger partial charge in [-0.2, -0.15) is 0 Å². The average molecular weight is 251 g/mol. The zero-order valence-corrected chi connectivity index (χ0v) is 10.8. The summed E-state index contributed by atoms with van der Waals surface area (Å²) in [5, 5.41) is 6.00. The van der Waals surface area contributed by atoms with Crippen LogP contribution < -0.4 is 10.6 Å². The van der Waals surface area contributed by atoms with E-state index in [1.807, 2.05) is 18.2 Å². The quantitative estimate of drug-likeness (QED) is 0.622. The number of nitrogens with zero attached hydrogens (tertiary/aromatic N) is 1. The summed E-state index contributed by atoms with van der Waals surface area (Å²) in [6.07, 6.45) is 3.16. The van der Waals surface area contributed by atoms with Crippen molar-refractivity contribution in [3.05, 3.63) is 30.1 Å². The molecule has 1 heterocycles. The number of pyridine rings is 1. The van der Waals surface area contributed by atoms with Gasteiger partial charge in [0, 0.05) is 51.5 Å². The normalized spacial score (nSPS) is 10.3. The lowest BCUT2D eigenvalue weighted by atomic mass is 10.2. The van der Waals surface area contributed by atoms with E-state index in [0.29, 0.717) is 26.1 Å². The lowest BCUT2D eigenvalue weighted by Gasteiger charge is -2.06. The Morgan fingerprint density at radius 1 is 1.33 bits per heavy atom. The van der Waals surface area contributed by atoms with E-state index in [-0.39, 0.29) is 5.91 Å². The average Bonchev–Trinajstić information content (AvgIpc) is 2.40. The highest BCUT2D eigenvalue weighted by Gasteiger charge is 1.99. The lowest BCUT2D eigenvalue weighted by Crippen LogP contribution is -2.30. The van der Waals surface area contributed by atoms with Crippen LogP contribution in [0, 0.1) is 0 Å². The molecule has 1 aromatic rings. The maximum Gasteiger partial charge on any atom is 0.221 e. The van der Waals surface area contributed by atoms with E-state index in [1.165, 1.54) is 0 Å². The number of nitrogens with one attached hydrogen (secondary N) is 2. The number of ether oxygens (including phenoxy) is 1. The molecule has 0 fully saturated rings. The van der Waals surface area contributed by atoms with Crippen molar-refractivity contribution in [1.82, 2.24) is 15.6 Å². The van der Waals surface area contributed by atoms with Gasteiger partial charge in [0.05, 0.1) is 6.61 Å². The monoisotopic (exact) mass is 251 g/mol. The van der Waals surface area contributed by atoms with Crippen molar-refractivity contribution in [3.63, 3.8) is 0 Å². The van der Waals surface area contributed by atoms with Gasteiger partial charge in [0.25, 0.3) is 0 Å². The Bertz CT molecular complexity index is 330. The molecule has 1 aromatic heterocycles. The second kappa shape index (κ2) is 9.56. The van der Waals surface area contributed by atoms with Crippen LogP contribution in [-0.4, -0.2) is 44.2 Å². The number of rotatable bonds is 9. The maximum atomic E-state index is 11.3. The SMILES string of the molecule is COCCNC(=O)CCNCCc1ccccn1. The molecular formula is C13H21N3O2. The Balaban J connectivity index is 1.97. The van der Waals surface area contributed by atoms with Crippen molar-refractivity contribution in [3.8, 4) is 0 Å². The van der Waals surface area contributed by atoms with Crippen LogP contribution in [0.3, 0.4) is 0 Å². The van der Waals surface area contributed by atoms with Crippen molar-refractivity contribution < 1.29 is 9.53 Å². The largest absolute Gasteiger partial charge is 0.383 e. The van der Waals surface area contributed by atoms with E-state index < -0.39 is 0 Å². The fraction of sp³-hybridized carbons (Fsp3) is 0.538. The van der Waals surface area contributed by atoms with Crippen molar-refractivity contribution in [1.29, 1.82) is 0 Å². The summed E-state index contributed by atoms with van der Waals surface area (Å²) in [5.74, 6) is 0.0531. The van der Waals surface area contributed by atoms with Crippen molar-refractivity contribution in [2.45, 2.75) is 12.8 Å². The topological polar surface area (TPSA) is 63.2 Å². The minimum atomic E-state index is 0.0531. The van der Waals surface area contributed by atoms with Gasteiger partial charge in [-0.05, 0) is 12.1 Å². The molecule has 0 aliphatic heterocycles. The van der Waals surface area contributed by atoms with E-state index in [2.05, 4.69) is 15.6 Å². The lowest BCUT2D eigenvalue weighted by molar-refractivity contribution is -0.121. The number of methoxy groups -OCH3 is 1. The molecule has 5 nitrogen and oxygen atoms in total. The van der Waals surface area contributed by atoms with Crippen LogP contribution in [0.25, 0.3) is 0 Å². The van der Waals surface area contributed by atoms with Crippen molar-refractivity contribution in [2.24, 2.45) is 0 Å². The molecule has 0 atom stereocenters. The highest BCUT2D eigenvalue weighted by molar-refractivity contribution is 5.75. The van der Waals surface area contributed by atoms with Crippen LogP contribution in [0.1, 0.15) is 12.1 Å². The van der Waals surface area contributed by atoms with E-state index in [9.17, 15) is 4.79 Å². The van der Waals surface area contributed by atoms with Gasteiger partial charge in [-0.15, -0.1) is 0 Å². The van der Waals surface area contributed by atoms with Crippen LogP contribution in [0.15, 0.2) is 24.4 Å². The number of amides is 1. The molecule has 1 rings (SSSR count). The molecule has 1 amide bonds. The fourth-order valence-electron chi connectivity index (χ4n) is 1.47. The van der Waals surface area contributed by atoms with Gasteiger partial charge >= 0.3 is 0 Å². The van der Waals surface area contributed by atoms with Crippen molar-refractivity contribution >= 4 is 5.91 Å². The smallest absolute Gasteiger partial charge is 0.221 e. The number of hydrogen-bond donors (Lipinski definition) is 2. The maximum absolute atomic E-state index is 11.3. The van der Waals surface area contributed by atoms with Crippen LogP contribution in [0.5, 0.6) is 0 Å². The van der Waals surface area contributed by atoms with E-state index >= 15 is 0 Å². The first-order valence-corrected chi connectivity index (χ1v) is 6.19. The molecule has 0 saturated carbocycles. The minimum Gasteiger partial charge on any atom is -0.383 e. The fourth-order valence-corrected chi connectivity index (χ4v) is 1.47. The number of hydrogen-bond acceptors (Lipinski definition) is 4. The summed E-state index contributed by atoms with van der Waals surface area (Å²) in [6, 6.07) is 5.88. The summed E-state index contributed by atoms with van der Waals surface area (Å²) in [7, 11) is 1.62. The number of aromatic nitrogens is 1. The summed E-state index contributed by atoms with van der Waals surface area (Å²) in [5.41, 5.74) is 1.06. The molecular weight excluding hydrogens is 230 g/mol. The van der Waals surface area contributed by atoms with E-state index in [4.69, 9.17) is 4.74 Å². The zero-order chi connectivity index (χ0) is 13.1. The molecule has 0 radical (unpaired) electrons. The Morgan fingerprint density at radius 3 is 2.94 bits per heavy atom. The third-order valence-corrected chi connectivity index (χ3v) is 2.44. The first-order chi connectivity index (χ1) is 8.83. The van der Waals surface area contributed by atoms with E-state index in [0.717, 1.165) is 18.7 Å². The third kappa shape index (κ3) is 6.98. The van der Waals surface area contributed by atoms with Crippen LogP contribution >= 0.6 is 0 Å². The third-order valence-electron chi connectivity index (χ3n) is 2.44. The van der Waals surface area contributed by atoms with Gasteiger partial charge < -0.3 is 15.4 Å².